The molecule has 4 heteroatoms. The Kier molecular flexibility index (Phi) is 4.69. The van der Waals surface area contributed by atoms with Crippen LogP contribution in [0.25, 0.3) is 0 Å². The summed E-state index contributed by atoms with van der Waals surface area (Å²) in [5.41, 5.74) is 6.62. The maximum Gasteiger partial charge on any atom is 0.286 e. The molecule has 0 aliphatic rings. The van der Waals surface area contributed by atoms with Gasteiger partial charge in [0.25, 0.3) is 5.91 Å². The van der Waals surface area contributed by atoms with Crippen LogP contribution < -0.4 is 11.1 Å². The number of rotatable bonds is 3. The van der Waals surface area contributed by atoms with Crippen LogP contribution in [0.4, 0.5) is 0 Å². The average molecular weight is 233 g/mol. The lowest BCUT2D eigenvalue weighted by Gasteiger charge is -2.14. The van der Waals surface area contributed by atoms with Gasteiger partial charge in [0.2, 0.25) is 0 Å². The molecule has 1 rings (SSSR count). The van der Waals surface area contributed by atoms with Crippen LogP contribution in [-0.2, 0) is 4.79 Å². The number of nitrogens with one attached hydrogen (secondary N) is 1. The minimum absolute atomic E-state index is 0.0211. The van der Waals surface area contributed by atoms with Gasteiger partial charge in [0.05, 0.1) is 6.04 Å². The molecule has 0 aliphatic heterocycles. The molecule has 92 valence electrons. The van der Waals surface area contributed by atoms with E-state index in [9.17, 15) is 4.79 Å². The van der Waals surface area contributed by atoms with E-state index in [1.165, 1.54) is 0 Å². The Bertz CT molecular complexity index is 398. The Morgan fingerprint density at radius 1 is 1.24 bits per heavy atom. The Morgan fingerprint density at radius 2 is 1.82 bits per heavy atom. The van der Waals surface area contributed by atoms with Gasteiger partial charge in [0, 0.05) is 6.04 Å². The summed E-state index contributed by atoms with van der Waals surface area (Å²) in [6.45, 7) is 5.66. The molecule has 1 unspecified atom stereocenters. The predicted octanol–water partition coefficient (Wildman–Crippen LogP) is 1.63. The van der Waals surface area contributed by atoms with E-state index in [2.05, 4.69) is 10.3 Å². The van der Waals surface area contributed by atoms with Gasteiger partial charge in [0.1, 0.15) is 0 Å². The van der Waals surface area contributed by atoms with Crippen LogP contribution in [-0.4, -0.2) is 17.8 Å². The summed E-state index contributed by atoms with van der Waals surface area (Å²) in [5, 5.41) is 2.81. The first-order chi connectivity index (χ1) is 8.00. The first-order valence-electron chi connectivity index (χ1n) is 5.69. The van der Waals surface area contributed by atoms with E-state index in [1.54, 1.807) is 0 Å². The molecule has 3 N–H and O–H groups in total. The van der Waals surface area contributed by atoms with Crippen molar-refractivity contribution in [3.8, 4) is 0 Å². The molecule has 1 aromatic rings. The quantitative estimate of drug-likeness (QED) is 0.615. The maximum absolute atomic E-state index is 11.7. The molecule has 0 saturated carbocycles. The fraction of sp³-hybridized carbons (Fsp3) is 0.385. The van der Waals surface area contributed by atoms with Crippen molar-refractivity contribution >= 4 is 11.7 Å². The SMILES string of the molecule is CC(C)N=C(N)C(=O)NC(C)c1ccccc1. The van der Waals surface area contributed by atoms with Gasteiger partial charge in [-0.05, 0) is 26.3 Å². The summed E-state index contributed by atoms with van der Waals surface area (Å²) >= 11 is 0. The normalized spacial score (nSPS) is 13.5. The Morgan fingerprint density at radius 3 is 2.35 bits per heavy atom. The molecule has 0 fully saturated rings. The largest absolute Gasteiger partial charge is 0.379 e. The number of aliphatic imine (C=N–C) groups is 1. The highest BCUT2D eigenvalue weighted by Gasteiger charge is 2.12. The zero-order chi connectivity index (χ0) is 12.8. The lowest BCUT2D eigenvalue weighted by Crippen LogP contribution is -2.38. The number of hydrogen-bond acceptors (Lipinski definition) is 2. The first kappa shape index (κ1) is 13.2. The molecule has 0 aliphatic carbocycles. The maximum atomic E-state index is 11.7. The highest BCUT2D eigenvalue weighted by molar-refractivity contribution is 6.37. The van der Waals surface area contributed by atoms with Gasteiger partial charge in [-0.2, -0.15) is 0 Å². The van der Waals surface area contributed by atoms with Crippen LogP contribution in [0.5, 0.6) is 0 Å². The molecule has 1 atom stereocenters. The summed E-state index contributed by atoms with van der Waals surface area (Å²) in [4.78, 5) is 15.7. The third-order valence-electron chi connectivity index (χ3n) is 2.28. The van der Waals surface area contributed by atoms with E-state index >= 15 is 0 Å². The average Bonchev–Trinajstić information content (AvgIpc) is 2.29. The van der Waals surface area contributed by atoms with Gasteiger partial charge in [-0.1, -0.05) is 30.3 Å². The van der Waals surface area contributed by atoms with Gasteiger partial charge in [0.15, 0.2) is 5.84 Å². The van der Waals surface area contributed by atoms with Crippen LogP contribution >= 0.6 is 0 Å². The van der Waals surface area contributed by atoms with Crippen molar-refractivity contribution in [1.82, 2.24) is 5.32 Å². The first-order valence-corrected chi connectivity index (χ1v) is 5.69. The topological polar surface area (TPSA) is 67.5 Å². The second-order valence-electron chi connectivity index (χ2n) is 4.21. The second kappa shape index (κ2) is 6.03. The fourth-order valence-corrected chi connectivity index (χ4v) is 1.43. The van der Waals surface area contributed by atoms with Crippen molar-refractivity contribution in [3.63, 3.8) is 0 Å². The van der Waals surface area contributed by atoms with Crippen molar-refractivity contribution in [2.45, 2.75) is 32.9 Å². The number of amidine groups is 1. The fourth-order valence-electron chi connectivity index (χ4n) is 1.43. The predicted molar refractivity (Wildman–Crippen MR) is 69.8 cm³/mol. The van der Waals surface area contributed by atoms with Crippen molar-refractivity contribution in [2.24, 2.45) is 10.7 Å². The number of hydrogen-bond donors (Lipinski definition) is 2. The third kappa shape index (κ3) is 4.26. The highest BCUT2D eigenvalue weighted by atomic mass is 16.2. The number of carbonyl (C=O) groups excluding carboxylic acids is 1. The van der Waals surface area contributed by atoms with Crippen LogP contribution in [0.3, 0.4) is 0 Å². The lowest BCUT2D eigenvalue weighted by atomic mass is 10.1. The summed E-state index contributed by atoms with van der Waals surface area (Å²) < 4.78 is 0. The van der Waals surface area contributed by atoms with E-state index < -0.39 is 0 Å². The van der Waals surface area contributed by atoms with E-state index in [1.807, 2.05) is 51.1 Å². The molecule has 0 heterocycles. The van der Waals surface area contributed by atoms with Gasteiger partial charge < -0.3 is 11.1 Å². The van der Waals surface area contributed by atoms with Gasteiger partial charge in [-0.25, -0.2) is 0 Å². The highest BCUT2D eigenvalue weighted by Crippen LogP contribution is 2.10. The molecule has 0 aromatic heterocycles. The summed E-state index contributed by atoms with van der Waals surface area (Å²) in [5.74, 6) is -0.294. The Balaban J connectivity index is 2.64. The zero-order valence-corrected chi connectivity index (χ0v) is 10.5. The van der Waals surface area contributed by atoms with E-state index in [0.717, 1.165) is 5.56 Å². The van der Waals surface area contributed by atoms with E-state index in [4.69, 9.17) is 5.73 Å². The smallest absolute Gasteiger partial charge is 0.286 e. The van der Waals surface area contributed by atoms with Gasteiger partial charge in [-0.15, -0.1) is 0 Å². The molecule has 1 aromatic carbocycles. The molecule has 4 nitrogen and oxygen atoms in total. The zero-order valence-electron chi connectivity index (χ0n) is 10.5. The monoisotopic (exact) mass is 233 g/mol. The van der Waals surface area contributed by atoms with Crippen LogP contribution in [0.1, 0.15) is 32.4 Å². The van der Waals surface area contributed by atoms with Crippen molar-refractivity contribution in [3.05, 3.63) is 35.9 Å². The number of benzene rings is 1. The van der Waals surface area contributed by atoms with Gasteiger partial charge in [-0.3, -0.25) is 9.79 Å². The molecular weight excluding hydrogens is 214 g/mol. The minimum Gasteiger partial charge on any atom is -0.379 e. The standard InChI is InChI=1S/C13H19N3O/c1-9(2)15-12(14)13(17)16-10(3)11-7-5-4-6-8-11/h4-10H,1-3H3,(H2,14,15)(H,16,17). The second-order valence-corrected chi connectivity index (χ2v) is 4.21. The van der Waals surface area contributed by atoms with E-state index in [0.29, 0.717) is 0 Å². The van der Waals surface area contributed by atoms with Crippen molar-refractivity contribution in [1.29, 1.82) is 0 Å². The lowest BCUT2D eigenvalue weighted by molar-refractivity contribution is -0.115. The molecule has 0 saturated heterocycles. The van der Waals surface area contributed by atoms with Gasteiger partial charge >= 0.3 is 0 Å². The molecule has 1 amide bonds. The Labute approximate surface area is 102 Å². The third-order valence-corrected chi connectivity index (χ3v) is 2.28. The Hall–Kier alpha value is -1.84. The number of amides is 1. The molecule has 0 radical (unpaired) electrons. The van der Waals surface area contributed by atoms with Crippen LogP contribution in [0.15, 0.2) is 35.3 Å². The number of nitrogens with zero attached hydrogens (tertiary/aromatic N) is 1. The van der Waals surface area contributed by atoms with E-state index in [-0.39, 0.29) is 23.8 Å². The summed E-state index contributed by atoms with van der Waals surface area (Å²) in [7, 11) is 0. The molecule has 0 bridgehead atoms. The summed E-state index contributed by atoms with van der Waals surface area (Å²) in [6.07, 6.45) is 0. The molecule has 17 heavy (non-hydrogen) atoms. The van der Waals surface area contributed by atoms with Crippen LogP contribution in [0.2, 0.25) is 0 Å². The molecular formula is C13H19N3O. The number of carbonyl (C=O) groups is 1. The van der Waals surface area contributed by atoms with Crippen molar-refractivity contribution in [2.75, 3.05) is 0 Å². The summed E-state index contributed by atoms with van der Waals surface area (Å²) in [6, 6.07) is 9.67. The minimum atomic E-state index is -0.324. The number of nitrogens with two attached hydrogens (primary N) is 1. The molecule has 0 spiro atoms. The van der Waals surface area contributed by atoms with Crippen molar-refractivity contribution < 1.29 is 4.79 Å². The van der Waals surface area contributed by atoms with Crippen LogP contribution in [0, 0.1) is 0 Å².